The number of benzene rings is 1. The normalized spacial score (nSPS) is 25.1. The Morgan fingerprint density at radius 3 is 2.94 bits per heavy atom. The number of nitrogens with one attached hydrogen (secondary N) is 1. The highest BCUT2D eigenvalue weighted by Crippen LogP contribution is 2.30. The number of ether oxygens (including phenoxy) is 2. The van der Waals surface area contributed by atoms with E-state index in [1.54, 1.807) is 7.11 Å². The van der Waals surface area contributed by atoms with E-state index in [9.17, 15) is 0 Å². The maximum atomic E-state index is 5.93. The van der Waals surface area contributed by atoms with Crippen LogP contribution >= 0.6 is 0 Å². The van der Waals surface area contributed by atoms with E-state index in [1.807, 2.05) is 19.2 Å². The molecule has 1 aromatic carbocycles. The van der Waals surface area contributed by atoms with Gasteiger partial charge in [0.2, 0.25) is 0 Å². The second-order valence-corrected chi connectivity index (χ2v) is 5.16. The highest BCUT2D eigenvalue weighted by molar-refractivity contribution is 5.29. The van der Waals surface area contributed by atoms with Gasteiger partial charge in [0, 0.05) is 12.6 Å². The molecular formula is C15H23NO2. The molecule has 0 saturated carbocycles. The first kappa shape index (κ1) is 13.4. The van der Waals surface area contributed by atoms with Crippen molar-refractivity contribution in [2.45, 2.75) is 37.8 Å². The summed E-state index contributed by atoms with van der Waals surface area (Å²) in [5, 5.41) is 3.40. The van der Waals surface area contributed by atoms with Crippen LogP contribution in [-0.2, 0) is 11.2 Å². The summed E-state index contributed by atoms with van der Waals surface area (Å²) in [5.41, 5.74) is 1.24. The quantitative estimate of drug-likeness (QED) is 0.869. The molecule has 1 aromatic rings. The highest BCUT2D eigenvalue weighted by atomic mass is 16.5. The van der Waals surface area contributed by atoms with Crippen molar-refractivity contribution in [2.75, 3.05) is 20.8 Å². The summed E-state index contributed by atoms with van der Waals surface area (Å²) in [5.74, 6) is 0.917. The van der Waals surface area contributed by atoms with Gasteiger partial charge in [0.25, 0.3) is 0 Å². The van der Waals surface area contributed by atoms with Crippen molar-refractivity contribution in [1.82, 2.24) is 5.32 Å². The Kier molecular flexibility index (Phi) is 4.25. The fourth-order valence-corrected chi connectivity index (χ4v) is 2.73. The van der Waals surface area contributed by atoms with Crippen LogP contribution in [0.15, 0.2) is 24.3 Å². The van der Waals surface area contributed by atoms with Crippen molar-refractivity contribution in [3.05, 3.63) is 29.8 Å². The van der Waals surface area contributed by atoms with Gasteiger partial charge < -0.3 is 14.8 Å². The number of likely N-dealkylation sites (N-methyl/N-ethyl adjacent to an activating group) is 1. The van der Waals surface area contributed by atoms with Gasteiger partial charge in [-0.05, 0) is 50.9 Å². The van der Waals surface area contributed by atoms with Crippen LogP contribution in [0.4, 0.5) is 0 Å². The minimum atomic E-state index is -0.0438. The molecule has 18 heavy (non-hydrogen) atoms. The zero-order valence-electron chi connectivity index (χ0n) is 11.5. The van der Waals surface area contributed by atoms with E-state index < -0.39 is 0 Å². The summed E-state index contributed by atoms with van der Waals surface area (Å²) < 4.78 is 11.2. The zero-order chi connectivity index (χ0) is 13.0. The highest BCUT2D eigenvalue weighted by Gasteiger charge is 2.37. The van der Waals surface area contributed by atoms with Gasteiger partial charge in [-0.2, -0.15) is 0 Å². The van der Waals surface area contributed by atoms with E-state index in [0.717, 1.165) is 31.6 Å². The summed E-state index contributed by atoms with van der Waals surface area (Å²) in [6.45, 7) is 3.09. The molecule has 3 nitrogen and oxygen atoms in total. The molecule has 0 spiro atoms. The van der Waals surface area contributed by atoms with Gasteiger partial charge in [0.15, 0.2) is 0 Å². The van der Waals surface area contributed by atoms with Gasteiger partial charge in [0.1, 0.15) is 5.75 Å². The molecular weight excluding hydrogens is 226 g/mol. The van der Waals surface area contributed by atoms with Crippen LogP contribution in [-0.4, -0.2) is 32.4 Å². The molecule has 1 aliphatic rings. The lowest BCUT2D eigenvalue weighted by Gasteiger charge is -2.33. The van der Waals surface area contributed by atoms with E-state index >= 15 is 0 Å². The van der Waals surface area contributed by atoms with E-state index in [2.05, 4.69) is 24.4 Å². The topological polar surface area (TPSA) is 30.5 Å². The van der Waals surface area contributed by atoms with Gasteiger partial charge in [-0.15, -0.1) is 0 Å². The monoisotopic (exact) mass is 249 g/mol. The average Bonchev–Trinajstić information content (AvgIpc) is 2.84. The standard InChI is InChI=1S/C15H23NO2/c1-15(8-5-9-18-15)14(16-2)11-12-6-4-7-13(10-12)17-3/h4,6-7,10,14,16H,5,8-9,11H2,1-3H3. The molecule has 2 rings (SSSR count). The van der Waals surface area contributed by atoms with E-state index in [4.69, 9.17) is 9.47 Å². The number of hydrogen-bond donors (Lipinski definition) is 1. The third-order valence-electron chi connectivity index (χ3n) is 3.91. The first-order valence-electron chi connectivity index (χ1n) is 6.62. The van der Waals surface area contributed by atoms with Crippen LogP contribution in [0, 0.1) is 0 Å². The molecule has 2 atom stereocenters. The van der Waals surface area contributed by atoms with Crippen LogP contribution in [0.1, 0.15) is 25.3 Å². The third-order valence-corrected chi connectivity index (χ3v) is 3.91. The van der Waals surface area contributed by atoms with E-state index in [0.29, 0.717) is 6.04 Å². The Bertz CT molecular complexity index is 386. The first-order chi connectivity index (χ1) is 8.68. The number of methoxy groups -OCH3 is 1. The Morgan fingerprint density at radius 2 is 2.33 bits per heavy atom. The fraction of sp³-hybridized carbons (Fsp3) is 0.600. The summed E-state index contributed by atoms with van der Waals surface area (Å²) >= 11 is 0. The molecule has 0 bridgehead atoms. The largest absolute Gasteiger partial charge is 0.497 e. The summed E-state index contributed by atoms with van der Waals surface area (Å²) in [6.07, 6.45) is 3.25. The average molecular weight is 249 g/mol. The minimum Gasteiger partial charge on any atom is -0.497 e. The van der Waals surface area contributed by atoms with Crippen molar-refractivity contribution in [3.63, 3.8) is 0 Å². The third kappa shape index (κ3) is 2.85. The molecule has 1 N–H and O–H groups in total. The predicted octanol–water partition coefficient (Wildman–Crippen LogP) is 2.39. The van der Waals surface area contributed by atoms with Crippen LogP contribution in [0.5, 0.6) is 5.75 Å². The van der Waals surface area contributed by atoms with Gasteiger partial charge in [-0.3, -0.25) is 0 Å². The maximum Gasteiger partial charge on any atom is 0.119 e. The lowest BCUT2D eigenvalue weighted by molar-refractivity contribution is -0.00944. The molecule has 0 amide bonds. The Hall–Kier alpha value is -1.06. The lowest BCUT2D eigenvalue weighted by atomic mass is 9.88. The smallest absolute Gasteiger partial charge is 0.119 e. The summed E-state index contributed by atoms with van der Waals surface area (Å²) in [4.78, 5) is 0. The van der Waals surface area contributed by atoms with Gasteiger partial charge in [-0.1, -0.05) is 12.1 Å². The maximum absolute atomic E-state index is 5.93. The number of hydrogen-bond acceptors (Lipinski definition) is 3. The molecule has 100 valence electrons. The lowest BCUT2D eigenvalue weighted by Crippen LogP contribution is -2.48. The molecule has 1 fully saturated rings. The SMILES string of the molecule is CNC(Cc1cccc(OC)c1)C1(C)CCCO1. The Morgan fingerprint density at radius 1 is 1.50 bits per heavy atom. The van der Waals surface area contributed by atoms with E-state index in [1.165, 1.54) is 5.56 Å². The Balaban J connectivity index is 2.09. The molecule has 1 aliphatic heterocycles. The van der Waals surface area contributed by atoms with Crippen LogP contribution in [0.25, 0.3) is 0 Å². The van der Waals surface area contributed by atoms with Gasteiger partial charge in [-0.25, -0.2) is 0 Å². The Labute approximate surface area is 109 Å². The van der Waals surface area contributed by atoms with Crippen molar-refractivity contribution in [3.8, 4) is 5.75 Å². The summed E-state index contributed by atoms with van der Waals surface area (Å²) in [7, 11) is 3.72. The fourth-order valence-electron chi connectivity index (χ4n) is 2.73. The van der Waals surface area contributed by atoms with Crippen molar-refractivity contribution < 1.29 is 9.47 Å². The van der Waals surface area contributed by atoms with E-state index in [-0.39, 0.29) is 5.60 Å². The van der Waals surface area contributed by atoms with Crippen molar-refractivity contribution >= 4 is 0 Å². The molecule has 0 aliphatic carbocycles. The molecule has 0 aromatic heterocycles. The zero-order valence-corrected chi connectivity index (χ0v) is 11.5. The molecule has 1 heterocycles. The molecule has 2 unspecified atom stereocenters. The molecule has 1 saturated heterocycles. The number of rotatable bonds is 5. The molecule has 0 radical (unpaired) electrons. The van der Waals surface area contributed by atoms with Crippen molar-refractivity contribution in [2.24, 2.45) is 0 Å². The second-order valence-electron chi connectivity index (χ2n) is 5.16. The van der Waals surface area contributed by atoms with Crippen LogP contribution in [0.3, 0.4) is 0 Å². The molecule has 3 heteroatoms. The van der Waals surface area contributed by atoms with Gasteiger partial charge in [0.05, 0.1) is 12.7 Å². The van der Waals surface area contributed by atoms with Gasteiger partial charge >= 0.3 is 0 Å². The minimum absolute atomic E-state index is 0.0438. The van der Waals surface area contributed by atoms with Crippen LogP contribution < -0.4 is 10.1 Å². The first-order valence-corrected chi connectivity index (χ1v) is 6.62. The predicted molar refractivity (Wildman–Crippen MR) is 73.1 cm³/mol. The van der Waals surface area contributed by atoms with Crippen LogP contribution in [0.2, 0.25) is 0 Å². The second kappa shape index (κ2) is 5.72. The van der Waals surface area contributed by atoms with Crippen molar-refractivity contribution in [1.29, 1.82) is 0 Å². The summed E-state index contributed by atoms with van der Waals surface area (Å²) in [6, 6.07) is 8.60.